The lowest BCUT2D eigenvalue weighted by Gasteiger charge is -2.14. The summed E-state index contributed by atoms with van der Waals surface area (Å²) < 4.78 is 12.6. The van der Waals surface area contributed by atoms with Crippen molar-refractivity contribution in [2.45, 2.75) is 11.3 Å². The molecule has 0 spiro atoms. The molecule has 0 aromatic heterocycles. The molecule has 3 aromatic carbocycles. The Morgan fingerprint density at radius 1 is 0.870 bits per heavy atom. The molecule has 3 heteroatoms. The van der Waals surface area contributed by atoms with E-state index in [0.29, 0.717) is 5.75 Å². The van der Waals surface area contributed by atoms with Crippen LogP contribution in [0.2, 0.25) is 0 Å². The van der Waals surface area contributed by atoms with Crippen LogP contribution in [-0.2, 0) is 17.2 Å². The van der Waals surface area contributed by atoms with E-state index in [1.54, 1.807) is 0 Å². The van der Waals surface area contributed by atoms with Crippen LogP contribution in [0, 0.1) is 5.92 Å². The first-order chi connectivity index (χ1) is 11.3. The van der Waals surface area contributed by atoms with Crippen LogP contribution in [0.4, 0.5) is 0 Å². The molecule has 0 radical (unpaired) electrons. The standard InChI is InChI=1S/C20H20O2S/c21-14-17(12-16-6-2-1-3-7-16)15-23(22)20-11-10-18-8-4-5-9-19(18)13-20/h1-11,13,17,21H,12,14-15H2. The fraction of sp³-hybridized carbons (Fsp3) is 0.200. The van der Waals surface area contributed by atoms with Crippen molar-refractivity contribution < 1.29 is 9.32 Å². The molecule has 0 saturated heterocycles. The van der Waals surface area contributed by atoms with Gasteiger partial charge in [0, 0.05) is 17.3 Å². The van der Waals surface area contributed by atoms with Gasteiger partial charge >= 0.3 is 0 Å². The summed E-state index contributed by atoms with van der Waals surface area (Å²) in [6, 6.07) is 24.0. The van der Waals surface area contributed by atoms with Crippen molar-refractivity contribution in [1.29, 1.82) is 0 Å². The molecule has 0 aliphatic rings. The SMILES string of the molecule is O=S(CC(CO)Cc1ccccc1)c1ccc2ccccc2c1. The summed E-state index contributed by atoms with van der Waals surface area (Å²) in [5.74, 6) is 0.480. The van der Waals surface area contributed by atoms with Crippen molar-refractivity contribution in [3.05, 3.63) is 78.4 Å². The van der Waals surface area contributed by atoms with Crippen LogP contribution in [0.1, 0.15) is 5.56 Å². The molecule has 0 saturated carbocycles. The maximum atomic E-state index is 12.6. The lowest BCUT2D eigenvalue weighted by atomic mass is 10.0. The monoisotopic (exact) mass is 324 g/mol. The van der Waals surface area contributed by atoms with Crippen molar-refractivity contribution >= 4 is 21.6 Å². The first-order valence-electron chi connectivity index (χ1n) is 7.78. The number of benzene rings is 3. The Morgan fingerprint density at radius 2 is 1.57 bits per heavy atom. The molecule has 1 N–H and O–H groups in total. The zero-order chi connectivity index (χ0) is 16.1. The Hall–Kier alpha value is -1.97. The second-order valence-corrected chi connectivity index (χ2v) is 7.26. The van der Waals surface area contributed by atoms with E-state index in [2.05, 4.69) is 0 Å². The predicted octanol–water partition coefficient (Wildman–Crippen LogP) is 3.80. The Kier molecular flexibility index (Phi) is 5.21. The third kappa shape index (κ3) is 4.06. The highest BCUT2D eigenvalue weighted by atomic mass is 32.2. The fourth-order valence-corrected chi connectivity index (χ4v) is 4.07. The Bertz CT molecular complexity index is 799. The molecule has 2 unspecified atom stereocenters. The third-order valence-corrected chi connectivity index (χ3v) is 5.55. The number of aliphatic hydroxyl groups excluding tert-OH is 1. The minimum absolute atomic E-state index is 0.00436. The maximum Gasteiger partial charge on any atom is 0.0533 e. The number of fused-ring (bicyclic) bond motifs is 1. The van der Waals surface area contributed by atoms with Gasteiger partial charge in [-0.25, -0.2) is 0 Å². The van der Waals surface area contributed by atoms with E-state index in [0.717, 1.165) is 22.1 Å². The topological polar surface area (TPSA) is 37.3 Å². The van der Waals surface area contributed by atoms with E-state index in [9.17, 15) is 9.32 Å². The van der Waals surface area contributed by atoms with Gasteiger partial charge in [-0.05, 0) is 40.8 Å². The highest BCUT2D eigenvalue weighted by molar-refractivity contribution is 7.85. The maximum absolute atomic E-state index is 12.6. The smallest absolute Gasteiger partial charge is 0.0533 e. The van der Waals surface area contributed by atoms with Crippen LogP contribution in [0.3, 0.4) is 0 Å². The third-order valence-electron chi connectivity index (χ3n) is 4.00. The molecule has 2 nitrogen and oxygen atoms in total. The van der Waals surface area contributed by atoms with Gasteiger partial charge < -0.3 is 5.11 Å². The van der Waals surface area contributed by atoms with E-state index in [4.69, 9.17) is 0 Å². The summed E-state index contributed by atoms with van der Waals surface area (Å²) in [6.45, 7) is 0.0498. The lowest BCUT2D eigenvalue weighted by Crippen LogP contribution is -2.18. The van der Waals surface area contributed by atoms with Gasteiger partial charge in [0.2, 0.25) is 0 Å². The first-order valence-corrected chi connectivity index (χ1v) is 9.10. The summed E-state index contributed by atoms with van der Waals surface area (Å²) >= 11 is 0. The van der Waals surface area contributed by atoms with Gasteiger partial charge in [-0.15, -0.1) is 0 Å². The van der Waals surface area contributed by atoms with Crippen LogP contribution < -0.4 is 0 Å². The average Bonchev–Trinajstić information content (AvgIpc) is 2.61. The molecule has 0 heterocycles. The lowest BCUT2D eigenvalue weighted by molar-refractivity contribution is 0.239. The molecule has 0 aliphatic heterocycles. The van der Waals surface area contributed by atoms with Crippen molar-refractivity contribution in [2.75, 3.05) is 12.4 Å². The molecule has 3 aromatic rings. The minimum atomic E-state index is -1.10. The first kappa shape index (κ1) is 15.9. The summed E-state index contributed by atoms with van der Waals surface area (Å²) in [4.78, 5) is 0.829. The Balaban J connectivity index is 1.73. The zero-order valence-electron chi connectivity index (χ0n) is 12.9. The Morgan fingerprint density at radius 3 is 2.30 bits per heavy atom. The molecule has 0 fully saturated rings. The Labute approximate surface area is 139 Å². The number of aliphatic hydroxyl groups is 1. The van der Waals surface area contributed by atoms with Crippen LogP contribution in [0.25, 0.3) is 10.8 Å². The molecule has 118 valence electrons. The molecule has 0 amide bonds. The second kappa shape index (κ2) is 7.53. The van der Waals surface area contributed by atoms with Crippen LogP contribution in [0.15, 0.2) is 77.7 Å². The average molecular weight is 324 g/mol. The normalized spacial score (nSPS) is 13.8. The van der Waals surface area contributed by atoms with Gasteiger partial charge in [0.25, 0.3) is 0 Å². The molecule has 0 aliphatic carbocycles. The van der Waals surface area contributed by atoms with E-state index in [1.807, 2.05) is 72.8 Å². The second-order valence-electron chi connectivity index (χ2n) is 5.76. The van der Waals surface area contributed by atoms with Crippen LogP contribution >= 0.6 is 0 Å². The highest BCUT2D eigenvalue weighted by Crippen LogP contribution is 2.20. The highest BCUT2D eigenvalue weighted by Gasteiger charge is 2.14. The van der Waals surface area contributed by atoms with E-state index in [1.165, 1.54) is 5.56 Å². The number of rotatable bonds is 6. The van der Waals surface area contributed by atoms with Crippen molar-refractivity contribution in [3.63, 3.8) is 0 Å². The van der Waals surface area contributed by atoms with Crippen molar-refractivity contribution in [3.8, 4) is 0 Å². The van der Waals surface area contributed by atoms with Crippen LogP contribution in [-0.4, -0.2) is 21.7 Å². The number of hydrogen-bond donors (Lipinski definition) is 1. The van der Waals surface area contributed by atoms with Gasteiger partial charge in [0.1, 0.15) is 0 Å². The van der Waals surface area contributed by atoms with Gasteiger partial charge in [-0.3, -0.25) is 4.21 Å². The predicted molar refractivity (Wildman–Crippen MR) is 95.9 cm³/mol. The fourth-order valence-electron chi connectivity index (χ4n) is 2.74. The molecule has 2 atom stereocenters. The number of hydrogen-bond acceptors (Lipinski definition) is 2. The van der Waals surface area contributed by atoms with E-state index < -0.39 is 10.8 Å². The minimum Gasteiger partial charge on any atom is -0.396 e. The van der Waals surface area contributed by atoms with Gasteiger partial charge in [-0.1, -0.05) is 60.7 Å². The quantitative estimate of drug-likeness (QED) is 0.749. The molecule has 0 bridgehead atoms. The van der Waals surface area contributed by atoms with Gasteiger partial charge in [-0.2, -0.15) is 0 Å². The van der Waals surface area contributed by atoms with Crippen LogP contribution in [0.5, 0.6) is 0 Å². The summed E-state index contributed by atoms with van der Waals surface area (Å²) in [5.41, 5.74) is 1.17. The summed E-state index contributed by atoms with van der Waals surface area (Å²) in [6.07, 6.45) is 0.747. The molecule has 23 heavy (non-hydrogen) atoms. The molecular formula is C20H20O2S. The van der Waals surface area contributed by atoms with E-state index in [-0.39, 0.29) is 12.5 Å². The van der Waals surface area contributed by atoms with Crippen molar-refractivity contribution in [2.24, 2.45) is 5.92 Å². The summed E-state index contributed by atoms with van der Waals surface area (Å²) in [7, 11) is -1.10. The summed E-state index contributed by atoms with van der Waals surface area (Å²) in [5, 5.41) is 11.9. The molecular weight excluding hydrogens is 304 g/mol. The van der Waals surface area contributed by atoms with Crippen molar-refractivity contribution in [1.82, 2.24) is 0 Å². The van der Waals surface area contributed by atoms with E-state index >= 15 is 0 Å². The van der Waals surface area contributed by atoms with Gasteiger partial charge in [0.05, 0.1) is 10.8 Å². The largest absolute Gasteiger partial charge is 0.396 e. The van der Waals surface area contributed by atoms with Gasteiger partial charge in [0.15, 0.2) is 0 Å². The molecule has 3 rings (SSSR count). The zero-order valence-corrected chi connectivity index (χ0v) is 13.7.